The van der Waals surface area contributed by atoms with Crippen LogP contribution >= 0.6 is 11.8 Å². The van der Waals surface area contributed by atoms with Crippen LogP contribution in [0.2, 0.25) is 0 Å². The van der Waals surface area contributed by atoms with Gasteiger partial charge in [0.05, 0.1) is 11.3 Å². The van der Waals surface area contributed by atoms with E-state index in [1.807, 2.05) is 36.5 Å². The van der Waals surface area contributed by atoms with Gasteiger partial charge in [0.25, 0.3) is 5.78 Å². The fourth-order valence-electron chi connectivity index (χ4n) is 2.12. The van der Waals surface area contributed by atoms with Crippen LogP contribution in [0, 0.1) is 0 Å². The second kappa shape index (κ2) is 5.23. The van der Waals surface area contributed by atoms with Crippen LogP contribution in [0.25, 0.3) is 16.7 Å². The highest BCUT2D eigenvalue weighted by molar-refractivity contribution is 7.98. The molecule has 0 amide bonds. The fourth-order valence-corrected chi connectivity index (χ4v) is 2.80. The normalized spacial score (nSPS) is 11.3. The monoisotopic (exact) mass is 309 g/mol. The van der Waals surface area contributed by atoms with Gasteiger partial charge in [-0.2, -0.15) is 4.98 Å². The quantitative estimate of drug-likeness (QED) is 0.578. The van der Waals surface area contributed by atoms with E-state index in [2.05, 4.69) is 25.0 Å². The number of nitrogens with zero attached hydrogens (tertiary/aromatic N) is 6. The third kappa shape index (κ3) is 2.33. The number of hydrogen-bond acceptors (Lipinski definition) is 7. The SMILES string of the molecule is Nc1nc(CSc2nc3ncccn3n2)nc2ccccc12. The zero-order chi connectivity index (χ0) is 14.9. The average molecular weight is 309 g/mol. The van der Waals surface area contributed by atoms with Gasteiger partial charge in [0.15, 0.2) is 0 Å². The van der Waals surface area contributed by atoms with Crippen LogP contribution in [0.3, 0.4) is 0 Å². The zero-order valence-corrected chi connectivity index (χ0v) is 12.2. The maximum atomic E-state index is 5.98. The minimum absolute atomic E-state index is 0.492. The lowest BCUT2D eigenvalue weighted by Crippen LogP contribution is -2.00. The van der Waals surface area contributed by atoms with Crippen molar-refractivity contribution in [3.63, 3.8) is 0 Å². The van der Waals surface area contributed by atoms with Crippen molar-refractivity contribution in [3.8, 4) is 0 Å². The summed E-state index contributed by atoms with van der Waals surface area (Å²) in [6, 6.07) is 9.50. The lowest BCUT2D eigenvalue weighted by molar-refractivity contribution is 0.878. The molecule has 0 aliphatic carbocycles. The summed E-state index contributed by atoms with van der Waals surface area (Å²) < 4.78 is 1.64. The summed E-state index contributed by atoms with van der Waals surface area (Å²) in [5.74, 6) is 2.27. The molecule has 0 aliphatic heterocycles. The van der Waals surface area contributed by atoms with Gasteiger partial charge in [0.1, 0.15) is 11.6 Å². The third-order valence-corrected chi connectivity index (χ3v) is 3.94. The van der Waals surface area contributed by atoms with Crippen molar-refractivity contribution in [1.29, 1.82) is 0 Å². The largest absolute Gasteiger partial charge is 0.383 e. The molecule has 2 N–H and O–H groups in total. The van der Waals surface area contributed by atoms with Gasteiger partial charge in [-0.05, 0) is 18.2 Å². The number of rotatable bonds is 3. The summed E-state index contributed by atoms with van der Waals surface area (Å²) >= 11 is 1.45. The molecule has 7 nitrogen and oxygen atoms in total. The minimum atomic E-state index is 0.492. The summed E-state index contributed by atoms with van der Waals surface area (Å²) in [4.78, 5) is 17.3. The predicted molar refractivity (Wildman–Crippen MR) is 84.3 cm³/mol. The molecule has 0 fully saturated rings. The van der Waals surface area contributed by atoms with Crippen LogP contribution in [0.4, 0.5) is 5.82 Å². The number of aromatic nitrogens is 6. The van der Waals surface area contributed by atoms with Gasteiger partial charge in [-0.15, -0.1) is 5.10 Å². The van der Waals surface area contributed by atoms with Crippen molar-refractivity contribution >= 4 is 34.3 Å². The first-order chi connectivity index (χ1) is 10.8. The van der Waals surface area contributed by atoms with Crippen molar-refractivity contribution in [3.05, 3.63) is 48.5 Å². The Kier molecular flexibility index (Phi) is 3.08. The first kappa shape index (κ1) is 13.0. The number of para-hydroxylation sites is 1. The Morgan fingerprint density at radius 2 is 2.00 bits per heavy atom. The van der Waals surface area contributed by atoms with Crippen LogP contribution in [-0.4, -0.2) is 29.5 Å². The van der Waals surface area contributed by atoms with Gasteiger partial charge in [-0.1, -0.05) is 23.9 Å². The van der Waals surface area contributed by atoms with Crippen molar-refractivity contribution < 1.29 is 0 Å². The topological polar surface area (TPSA) is 94.9 Å². The van der Waals surface area contributed by atoms with Crippen molar-refractivity contribution in [1.82, 2.24) is 29.5 Å². The summed E-state index contributed by atoms with van der Waals surface area (Å²) in [5.41, 5.74) is 6.82. The number of fused-ring (bicyclic) bond motifs is 2. The molecule has 0 bridgehead atoms. The van der Waals surface area contributed by atoms with Crippen LogP contribution in [0.15, 0.2) is 47.9 Å². The Bertz CT molecular complexity index is 933. The van der Waals surface area contributed by atoms with E-state index in [0.29, 0.717) is 28.3 Å². The second-order valence-electron chi connectivity index (χ2n) is 4.59. The van der Waals surface area contributed by atoms with Gasteiger partial charge < -0.3 is 5.73 Å². The Labute approximate surface area is 129 Å². The minimum Gasteiger partial charge on any atom is -0.383 e. The average Bonchev–Trinajstić information content (AvgIpc) is 2.96. The van der Waals surface area contributed by atoms with Gasteiger partial charge in [0.2, 0.25) is 5.16 Å². The molecule has 4 aromatic rings. The van der Waals surface area contributed by atoms with Gasteiger partial charge >= 0.3 is 0 Å². The van der Waals surface area contributed by atoms with E-state index in [1.54, 1.807) is 10.7 Å². The number of nitrogens with two attached hydrogens (primary N) is 1. The molecule has 0 aliphatic rings. The van der Waals surface area contributed by atoms with E-state index in [0.717, 1.165) is 10.9 Å². The molecule has 22 heavy (non-hydrogen) atoms. The highest BCUT2D eigenvalue weighted by Crippen LogP contribution is 2.22. The fraction of sp³-hybridized carbons (Fsp3) is 0.0714. The standard InChI is InChI=1S/C14H11N7S/c15-12-9-4-1-2-5-10(9)17-11(18-12)8-22-14-19-13-16-6-3-7-21(13)20-14/h1-7H,8H2,(H2,15,17,18). The molecule has 0 saturated heterocycles. The van der Waals surface area contributed by atoms with E-state index in [-0.39, 0.29) is 0 Å². The van der Waals surface area contributed by atoms with Crippen LogP contribution in [-0.2, 0) is 5.75 Å². The number of thioether (sulfide) groups is 1. The molecule has 3 heterocycles. The molecule has 0 unspecified atom stereocenters. The maximum Gasteiger partial charge on any atom is 0.253 e. The molecule has 1 aromatic carbocycles. The van der Waals surface area contributed by atoms with Gasteiger partial charge in [-0.25, -0.2) is 19.5 Å². The van der Waals surface area contributed by atoms with Crippen molar-refractivity contribution in [2.75, 3.05) is 5.73 Å². The summed E-state index contributed by atoms with van der Waals surface area (Å²) in [5, 5.41) is 5.83. The third-order valence-electron chi connectivity index (χ3n) is 3.11. The zero-order valence-electron chi connectivity index (χ0n) is 11.4. The lowest BCUT2D eigenvalue weighted by Gasteiger charge is -2.03. The molecule has 108 valence electrons. The summed E-state index contributed by atoms with van der Waals surface area (Å²) in [7, 11) is 0. The van der Waals surface area contributed by atoms with E-state index in [9.17, 15) is 0 Å². The van der Waals surface area contributed by atoms with E-state index in [1.165, 1.54) is 11.8 Å². The van der Waals surface area contributed by atoms with Crippen molar-refractivity contribution in [2.24, 2.45) is 0 Å². The van der Waals surface area contributed by atoms with Crippen LogP contribution in [0.5, 0.6) is 0 Å². The molecule has 0 atom stereocenters. The molecule has 8 heteroatoms. The number of hydrogen-bond donors (Lipinski definition) is 1. The van der Waals surface area contributed by atoms with Crippen LogP contribution < -0.4 is 5.73 Å². The first-order valence-corrected chi connectivity index (χ1v) is 7.59. The van der Waals surface area contributed by atoms with E-state index >= 15 is 0 Å². The molecular weight excluding hydrogens is 298 g/mol. The number of anilines is 1. The van der Waals surface area contributed by atoms with Crippen LogP contribution in [0.1, 0.15) is 5.82 Å². The summed E-state index contributed by atoms with van der Waals surface area (Å²) in [6.45, 7) is 0. The molecule has 3 aromatic heterocycles. The van der Waals surface area contributed by atoms with Crippen molar-refractivity contribution in [2.45, 2.75) is 10.9 Å². The highest BCUT2D eigenvalue weighted by atomic mass is 32.2. The first-order valence-electron chi connectivity index (χ1n) is 6.61. The predicted octanol–water partition coefficient (Wildman–Crippen LogP) is 1.94. The van der Waals surface area contributed by atoms with E-state index < -0.39 is 0 Å². The number of nitrogen functional groups attached to an aromatic ring is 1. The van der Waals surface area contributed by atoms with E-state index in [4.69, 9.17) is 5.73 Å². The Morgan fingerprint density at radius 1 is 1.09 bits per heavy atom. The Balaban J connectivity index is 1.60. The van der Waals surface area contributed by atoms with Gasteiger partial charge in [-0.3, -0.25) is 0 Å². The lowest BCUT2D eigenvalue weighted by atomic mass is 10.2. The smallest absolute Gasteiger partial charge is 0.253 e. The number of benzene rings is 1. The Morgan fingerprint density at radius 3 is 2.91 bits per heavy atom. The molecular formula is C14H11N7S. The second-order valence-corrected chi connectivity index (χ2v) is 5.53. The van der Waals surface area contributed by atoms with Gasteiger partial charge in [0, 0.05) is 17.8 Å². The summed E-state index contributed by atoms with van der Waals surface area (Å²) in [6.07, 6.45) is 3.50. The molecule has 0 radical (unpaired) electrons. The highest BCUT2D eigenvalue weighted by Gasteiger charge is 2.08. The Hall–Kier alpha value is -2.74. The molecule has 0 saturated carbocycles. The molecule has 0 spiro atoms. The maximum absolute atomic E-state index is 5.98. The molecule has 4 rings (SSSR count).